The van der Waals surface area contributed by atoms with Gasteiger partial charge >= 0.3 is 0 Å². The van der Waals surface area contributed by atoms with Gasteiger partial charge in [-0.15, -0.1) is 0 Å². The van der Waals surface area contributed by atoms with Crippen LogP contribution in [0.4, 0.5) is 4.39 Å². The topological polar surface area (TPSA) is 46.6 Å². The zero-order valence-corrected chi connectivity index (χ0v) is 16.4. The summed E-state index contributed by atoms with van der Waals surface area (Å²) in [6.07, 6.45) is 3.03. The Kier molecular flexibility index (Phi) is 6.50. The molecule has 3 rings (SSSR count). The lowest BCUT2D eigenvalue weighted by atomic mass is 9.90. The second-order valence-electron chi connectivity index (χ2n) is 7.11. The molecule has 0 saturated carbocycles. The number of nitrogens with zero attached hydrogens (tertiary/aromatic N) is 1. The first-order valence-electron chi connectivity index (χ1n) is 9.30. The Bertz CT molecular complexity index is 844. The normalized spacial score (nSPS) is 16.4. The molecule has 0 spiro atoms. The summed E-state index contributed by atoms with van der Waals surface area (Å²) in [5.41, 5.74) is 1.16. The highest BCUT2D eigenvalue weighted by Gasteiger charge is 2.22. The highest BCUT2D eigenvalue weighted by molar-refractivity contribution is 7.91. The number of benzene rings is 2. The van der Waals surface area contributed by atoms with Crippen LogP contribution in [0.5, 0.6) is 5.75 Å². The van der Waals surface area contributed by atoms with E-state index in [2.05, 4.69) is 4.90 Å². The average molecular weight is 392 g/mol. The number of ether oxygens (including phenoxy) is 1. The van der Waals surface area contributed by atoms with Crippen LogP contribution in [0.1, 0.15) is 18.4 Å². The third kappa shape index (κ3) is 5.53. The van der Waals surface area contributed by atoms with E-state index < -0.39 is 9.84 Å². The quantitative estimate of drug-likeness (QED) is 0.724. The van der Waals surface area contributed by atoms with Crippen molar-refractivity contribution in [3.8, 4) is 5.75 Å². The predicted molar refractivity (Wildman–Crippen MR) is 104 cm³/mol. The van der Waals surface area contributed by atoms with Gasteiger partial charge in [0.25, 0.3) is 0 Å². The lowest BCUT2D eigenvalue weighted by Crippen LogP contribution is -2.37. The molecule has 0 unspecified atom stereocenters. The molecular weight excluding hydrogens is 365 g/mol. The highest BCUT2D eigenvalue weighted by Crippen LogP contribution is 2.23. The van der Waals surface area contributed by atoms with E-state index in [1.165, 1.54) is 19.2 Å². The first-order chi connectivity index (χ1) is 13.0. The number of hydrogen-bond acceptors (Lipinski definition) is 4. The third-order valence-electron chi connectivity index (χ3n) is 5.22. The van der Waals surface area contributed by atoms with Gasteiger partial charge in [-0.25, -0.2) is 12.8 Å². The monoisotopic (exact) mass is 391 g/mol. The fourth-order valence-electron chi connectivity index (χ4n) is 3.53. The zero-order chi connectivity index (χ0) is 19.3. The van der Waals surface area contributed by atoms with Crippen molar-refractivity contribution in [2.75, 3.05) is 32.5 Å². The number of halogens is 1. The van der Waals surface area contributed by atoms with Gasteiger partial charge in [0.05, 0.1) is 17.8 Å². The van der Waals surface area contributed by atoms with Crippen molar-refractivity contribution in [3.05, 3.63) is 59.9 Å². The van der Waals surface area contributed by atoms with Crippen LogP contribution in [0.25, 0.3) is 0 Å². The lowest BCUT2D eigenvalue weighted by molar-refractivity contribution is 0.193. The molecule has 1 fully saturated rings. The molecule has 2 aromatic carbocycles. The molecule has 146 valence electrons. The maximum absolute atomic E-state index is 13.0. The molecular formula is C21H26FNO3S. The minimum absolute atomic E-state index is 0.114. The van der Waals surface area contributed by atoms with Gasteiger partial charge in [-0.3, -0.25) is 0 Å². The summed E-state index contributed by atoms with van der Waals surface area (Å²) in [5, 5.41) is 0. The SMILES string of the molecule is COc1cccc(S(=O)(=O)CCN2CCC(Cc3ccc(F)cc3)CC2)c1. The van der Waals surface area contributed by atoms with Gasteiger partial charge in [0, 0.05) is 6.54 Å². The summed E-state index contributed by atoms with van der Waals surface area (Å²) in [6, 6.07) is 13.3. The maximum atomic E-state index is 13.0. The van der Waals surface area contributed by atoms with Crippen LogP contribution >= 0.6 is 0 Å². The Balaban J connectivity index is 1.48. The molecule has 0 aliphatic carbocycles. The van der Waals surface area contributed by atoms with Crippen molar-refractivity contribution in [1.29, 1.82) is 0 Å². The Labute approximate surface area is 160 Å². The molecule has 4 nitrogen and oxygen atoms in total. The fourth-order valence-corrected chi connectivity index (χ4v) is 4.85. The molecule has 0 amide bonds. The number of rotatable bonds is 7. The molecule has 1 aliphatic heterocycles. The molecule has 0 bridgehead atoms. The first-order valence-corrected chi connectivity index (χ1v) is 10.9. The molecule has 6 heteroatoms. The van der Waals surface area contributed by atoms with Gasteiger partial charge in [0.2, 0.25) is 0 Å². The van der Waals surface area contributed by atoms with E-state index in [0.717, 1.165) is 37.9 Å². The van der Waals surface area contributed by atoms with Crippen LogP contribution in [0.3, 0.4) is 0 Å². The summed E-state index contributed by atoms with van der Waals surface area (Å²) in [7, 11) is -1.79. The van der Waals surface area contributed by atoms with Gasteiger partial charge in [0.1, 0.15) is 11.6 Å². The molecule has 0 aromatic heterocycles. The number of sulfone groups is 1. The first kappa shape index (κ1) is 19.8. The molecule has 1 saturated heterocycles. The third-order valence-corrected chi connectivity index (χ3v) is 6.91. The maximum Gasteiger partial charge on any atom is 0.179 e. The number of piperidine rings is 1. The van der Waals surface area contributed by atoms with Crippen LogP contribution in [-0.4, -0.2) is 45.8 Å². The van der Waals surface area contributed by atoms with Gasteiger partial charge < -0.3 is 9.64 Å². The van der Waals surface area contributed by atoms with Crippen LogP contribution in [0.2, 0.25) is 0 Å². The highest BCUT2D eigenvalue weighted by atomic mass is 32.2. The number of likely N-dealkylation sites (tertiary alicyclic amines) is 1. The molecule has 0 N–H and O–H groups in total. The van der Waals surface area contributed by atoms with Crippen molar-refractivity contribution in [3.63, 3.8) is 0 Å². The van der Waals surface area contributed by atoms with E-state index >= 15 is 0 Å². The number of hydrogen-bond donors (Lipinski definition) is 0. The molecule has 1 heterocycles. The summed E-state index contributed by atoms with van der Waals surface area (Å²) in [6.45, 7) is 2.35. The molecule has 0 radical (unpaired) electrons. The standard InChI is InChI=1S/C21H26FNO3S/c1-26-20-3-2-4-21(16-20)27(24,25)14-13-23-11-9-18(10-12-23)15-17-5-7-19(22)8-6-17/h2-8,16,18H,9-15H2,1H3. The van der Waals surface area contributed by atoms with E-state index in [1.807, 2.05) is 12.1 Å². The summed E-state index contributed by atoms with van der Waals surface area (Å²) in [5.74, 6) is 1.04. The van der Waals surface area contributed by atoms with Gasteiger partial charge in [-0.1, -0.05) is 18.2 Å². The Morgan fingerprint density at radius 3 is 2.48 bits per heavy atom. The summed E-state index contributed by atoms with van der Waals surface area (Å²) in [4.78, 5) is 2.53. The summed E-state index contributed by atoms with van der Waals surface area (Å²) >= 11 is 0. The van der Waals surface area contributed by atoms with Crippen LogP contribution in [0, 0.1) is 11.7 Å². The van der Waals surface area contributed by atoms with Crippen LogP contribution in [0.15, 0.2) is 53.4 Å². The minimum Gasteiger partial charge on any atom is -0.497 e. The minimum atomic E-state index is -3.32. The van der Waals surface area contributed by atoms with E-state index in [4.69, 9.17) is 4.74 Å². The average Bonchev–Trinajstić information content (AvgIpc) is 2.69. The zero-order valence-electron chi connectivity index (χ0n) is 15.6. The van der Waals surface area contributed by atoms with Crippen molar-refractivity contribution in [2.24, 2.45) is 5.92 Å². The molecule has 2 aromatic rings. The molecule has 0 atom stereocenters. The van der Waals surface area contributed by atoms with E-state index in [0.29, 0.717) is 23.1 Å². The smallest absolute Gasteiger partial charge is 0.179 e. The van der Waals surface area contributed by atoms with Crippen LogP contribution < -0.4 is 4.74 Å². The summed E-state index contributed by atoms with van der Waals surface area (Å²) < 4.78 is 43.2. The molecule has 1 aliphatic rings. The fraction of sp³-hybridized carbons (Fsp3) is 0.429. The van der Waals surface area contributed by atoms with E-state index in [9.17, 15) is 12.8 Å². The van der Waals surface area contributed by atoms with E-state index in [-0.39, 0.29) is 11.6 Å². The van der Waals surface area contributed by atoms with Crippen molar-refractivity contribution >= 4 is 9.84 Å². The van der Waals surface area contributed by atoms with Crippen molar-refractivity contribution in [2.45, 2.75) is 24.2 Å². The Morgan fingerprint density at radius 1 is 1.11 bits per heavy atom. The van der Waals surface area contributed by atoms with Gasteiger partial charge in [0.15, 0.2) is 9.84 Å². The second-order valence-corrected chi connectivity index (χ2v) is 9.22. The largest absolute Gasteiger partial charge is 0.497 e. The van der Waals surface area contributed by atoms with E-state index in [1.54, 1.807) is 24.3 Å². The Hall–Kier alpha value is -1.92. The number of methoxy groups -OCH3 is 1. The lowest BCUT2D eigenvalue weighted by Gasteiger charge is -2.32. The Morgan fingerprint density at radius 2 is 1.81 bits per heavy atom. The van der Waals surface area contributed by atoms with Gasteiger partial charge in [-0.2, -0.15) is 0 Å². The second kappa shape index (κ2) is 8.85. The van der Waals surface area contributed by atoms with Crippen LogP contribution in [-0.2, 0) is 16.3 Å². The molecule has 27 heavy (non-hydrogen) atoms. The predicted octanol–water partition coefficient (Wildman–Crippen LogP) is 3.56. The van der Waals surface area contributed by atoms with Crippen molar-refractivity contribution in [1.82, 2.24) is 4.90 Å². The van der Waals surface area contributed by atoms with Crippen molar-refractivity contribution < 1.29 is 17.5 Å². The van der Waals surface area contributed by atoms with Gasteiger partial charge in [-0.05, 0) is 74.2 Å².